The number of rotatable bonds is 7. The Balaban J connectivity index is 2.82. The van der Waals surface area contributed by atoms with Gasteiger partial charge in [-0.1, -0.05) is 40.5 Å². The molecule has 0 spiro atoms. The highest BCUT2D eigenvalue weighted by Gasteiger charge is 2.39. The van der Waals surface area contributed by atoms with Crippen LogP contribution in [0.4, 0.5) is 0 Å². The molecule has 1 saturated heterocycles. The number of carbonyl (C=O) groups is 2. The van der Waals surface area contributed by atoms with Gasteiger partial charge < -0.3 is 10.2 Å². The van der Waals surface area contributed by atoms with Crippen LogP contribution >= 0.6 is 0 Å². The van der Waals surface area contributed by atoms with Crippen molar-refractivity contribution >= 4 is 11.8 Å². The van der Waals surface area contributed by atoms with E-state index < -0.39 is 0 Å². The monoisotopic (exact) mass is 268 g/mol. The summed E-state index contributed by atoms with van der Waals surface area (Å²) in [6.07, 6.45) is 4.56. The van der Waals surface area contributed by atoms with Gasteiger partial charge in [0.2, 0.25) is 11.8 Å². The van der Waals surface area contributed by atoms with E-state index in [-0.39, 0.29) is 23.9 Å². The molecule has 1 fully saturated rings. The Morgan fingerprint density at radius 2 is 1.89 bits per heavy atom. The van der Waals surface area contributed by atoms with Crippen LogP contribution in [-0.2, 0) is 9.59 Å². The lowest BCUT2D eigenvalue weighted by Gasteiger charge is -2.40. The van der Waals surface area contributed by atoms with Gasteiger partial charge in [0.1, 0.15) is 12.1 Å². The summed E-state index contributed by atoms with van der Waals surface area (Å²) < 4.78 is 0. The first kappa shape index (κ1) is 16.0. The molecule has 1 heterocycles. The Morgan fingerprint density at radius 1 is 1.21 bits per heavy atom. The van der Waals surface area contributed by atoms with Crippen molar-refractivity contribution in [2.24, 2.45) is 5.92 Å². The Labute approximate surface area is 116 Å². The predicted molar refractivity (Wildman–Crippen MR) is 76.7 cm³/mol. The second-order valence-electron chi connectivity index (χ2n) is 5.66. The van der Waals surface area contributed by atoms with Crippen LogP contribution < -0.4 is 5.32 Å². The van der Waals surface area contributed by atoms with Crippen LogP contribution in [0.2, 0.25) is 0 Å². The zero-order valence-electron chi connectivity index (χ0n) is 12.7. The van der Waals surface area contributed by atoms with Gasteiger partial charge in [0, 0.05) is 6.54 Å². The van der Waals surface area contributed by atoms with Crippen molar-refractivity contribution in [1.82, 2.24) is 10.2 Å². The molecule has 1 rings (SSSR count). The fourth-order valence-corrected chi connectivity index (χ4v) is 2.80. The topological polar surface area (TPSA) is 49.4 Å². The summed E-state index contributed by atoms with van der Waals surface area (Å²) in [6.45, 7) is 9.02. The molecule has 0 radical (unpaired) electrons. The summed E-state index contributed by atoms with van der Waals surface area (Å²) in [4.78, 5) is 26.4. The minimum absolute atomic E-state index is 0.0250. The molecule has 1 N–H and O–H groups in total. The molecule has 3 unspecified atom stereocenters. The lowest BCUT2D eigenvalue weighted by molar-refractivity contribution is -0.150. The van der Waals surface area contributed by atoms with E-state index in [0.717, 1.165) is 25.7 Å². The third-order valence-electron chi connectivity index (χ3n) is 3.84. The van der Waals surface area contributed by atoms with Crippen molar-refractivity contribution in [2.75, 3.05) is 6.54 Å². The molecule has 0 aromatic heterocycles. The minimum atomic E-state index is -0.325. The molecule has 0 bridgehead atoms. The van der Waals surface area contributed by atoms with E-state index in [1.54, 1.807) is 0 Å². The highest BCUT2D eigenvalue weighted by atomic mass is 16.2. The van der Waals surface area contributed by atoms with Gasteiger partial charge in [-0.15, -0.1) is 0 Å². The maximum atomic E-state index is 12.4. The van der Waals surface area contributed by atoms with E-state index >= 15 is 0 Å². The number of nitrogens with one attached hydrogen (secondary N) is 1. The van der Waals surface area contributed by atoms with Crippen molar-refractivity contribution in [1.29, 1.82) is 0 Å². The van der Waals surface area contributed by atoms with Gasteiger partial charge in [-0.2, -0.15) is 0 Å². The number of carbonyl (C=O) groups excluding carboxylic acids is 2. The number of hydrogen-bond donors (Lipinski definition) is 1. The van der Waals surface area contributed by atoms with Crippen LogP contribution in [0.15, 0.2) is 0 Å². The summed E-state index contributed by atoms with van der Waals surface area (Å²) in [5.74, 6) is 0.581. The molecule has 1 aliphatic heterocycles. The van der Waals surface area contributed by atoms with E-state index in [1.165, 1.54) is 0 Å². The standard InChI is InChI=1S/C15H28N2O2/c1-5-8-11(4)10-17-13(9-6-2)14(18)16-12(7-3)15(17)19/h11-13H,5-10H2,1-4H3,(H,16,18). The third kappa shape index (κ3) is 3.95. The molecule has 0 saturated carbocycles. The molecule has 0 aliphatic carbocycles. The zero-order valence-corrected chi connectivity index (χ0v) is 12.7. The van der Waals surface area contributed by atoms with Gasteiger partial charge in [0.15, 0.2) is 0 Å². The lowest BCUT2D eigenvalue weighted by atomic mass is 9.98. The van der Waals surface area contributed by atoms with Crippen molar-refractivity contribution < 1.29 is 9.59 Å². The van der Waals surface area contributed by atoms with E-state index in [4.69, 9.17) is 0 Å². The van der Waals surface area contributed by atoms with Crippen molar-refractivity contribution in [3.63, 3.8) is 0 Å². The quantitative estimate of drug-likeness (QED) is 0.770. The van der Waals surface area contributed by atoms with Gasteiger partial charge in [-0.25, -0.2) is 0 Å². The normalized spacial score (nSPS) is 25.4. The smallest absolute Gasteiger partial charge is 0.245 e. The second kappa shape index (κ2) is 7.51. The average Bonchev–Trinajstić information content (AvgIpc) is 2.38. The minimum Gasteiger partial charge on any atom is -0.343 e. The molecule has 4 heteroatoms. The molecular weight excluding hydrogens is 240 g/mol. The van der Waals surface area contributed by atoms with Crippen LogP contribution in [-0.4, -0.2) is 35.3 Å². The third-order valence-corrected chi connectivity index (χ3v) is 3.84. The number of amides is 2. The number of hydrogen-bond acceptors (Lipinski definition) is 2. The lowest BCUT2D eigenvalue weighted by Crippen LogP contribution is -2.63. The second-order valence-corrected chi connectivity index (χ2v) is 5.66. The molecular formula is C15H28N2O2. The van der Waals surface area contributed by atoms with Gasteiger partial charge in [0.05, 0.1) is 0 Å². The Hall–Kier alpha value is -1.06. The molecule has 4 nitrogen and oxygen atoms in total. The molecule has 0 aromatic rings. The largest absolute Gasteiger partial charge is 0.343 e. The van der Waals surface area contributed by atoms with Crippen molar-refractivity contribution in [3.05, 3.63) is 0 Å². The maximum absolute atomic E-state index is 12.4. The number of nitrogens with zero attached hydrogens (tertiary/aromatic N) is 1. The van der Waals surface area contributed by atoms with E-state index in [2.05, 4.69) is 26.1 Å². The highest BCUT2D eigenvalue weighted by molar-refractivity contribution is 5.96. The van der Waals surface area contributed by atoms with Crippen molar-refractivity contribution in [3.8, 4) is 0 Å². The van der Waals surface area contributed by atoms with E-state index in [0.29, 0.717) is 18.9 Å². The van der Waals surface area contributed by atoms with Crippen LogP contribution in [0.5, 0.6) is 0 Å². The first-order valence-electron chi connectivity index (χ1n) is 7.65. The zero-order chi connectivity index (χ0) is 14.4. The molecule has 19 heavy (non-hydrogen) atoms. The van der Waals surface area contributed by atoms with Gasteiger partial charge in [-0.05, 0) is 25.2 Å². The van der Waals surface area contributed by atoms with Gasteiger partial charge in [-0.3, -0.25) is 9.59 Å². The van der Waals surface area contributed by atoms with Gasteiger partial charge >= 0.3 is 0 Å². The molecule has 1 aliphatic rings. The van der Waals surface area contributed by atoms with Gasteiger partial charge in [0.25, 0.3) is 0 Å². The predicted octanol–water partition coefficient (Wildman–Crippen LogP) is 2.33. The molecule has 0 aromatic carbocycles. The van der Waals surface area contributed by atoms with Crippen LogP contribution in [0.25, 0.3) is 0 Å². The first-order valence-corrected chi connectivity index (χ1v) is 7.65. The summed E-state index contributed by atoms with van der Waals surface area (Å²) >= 11 is 0. The van der Waals surface area contributed by atoms with Crippen LogP contribution in [0.1, 0.15) is 59.8 Å². The SMILES string of the molecule is CCCC(C)CN1C(=O)C(CC)NC(=O)C1CCC. The average molecular weight is 268 g/mol. The summed E-state index contributed by atoms with van der Waals surface area (Å²) in [5, 5.41) is 2.86. The van der Waals surface area contributed by atoms with E-state index in [1.807, 2.05) is 11.8 Å². The Bertz CT molecular complexity index is 317. The summed E-state index contributed by atoms with van der Waals surface area (Å²) in [5.41, 5.74) is 0. The summed E-state index contributed by atoms with van der Waals surface area (Å²) in [6, 6.07) is -0.589. The maximum Gasteiger partial charge on any atom is 0.245 e. The molecule has 3 atom stereocenters. The first-order chi connectivity index (χ1) is 9.04. The molecule has 110 valence electrons. The molecule has 2 amide bonds. The van der Waals surface area contributed by atoms with Crippen LogP contribution in [0, 0.1) is 5.92 Å². The Morgan fingerprint density at radius 3 is 2.42 bits per heavy atom. The highest BCUT2D eigenvalue weighted by Crippen LogP contribution is 2.19. The summed E-state index contributed by atoms with van der Waals surface area (Å²) in [7, 11) is 0. The fourth-order valence-electron chi connectivity index (χ4n) is 2.80. The fraction of sp³-hybridized carbons (Fsp3) is 0.867. The number of piperazine rings is 1. The van der Waals surface area contributed by atoms with E-state index in [9.17, 15) is 9.59 Å². The Kier molecular flexibility index (Phi) is 6.32. The van der Waals surface area contributed by atoms with Crippen molar-refractivity contribution in [2.45, 2.75) is 71.9 Å². The van der Waals surface area contributed by atoms with Crippen LogP contribution in [0.3, 0.4) is 0 Å².